The van der Waals surface area contributed by atoms with Gasteiger partial charge in [0.15, 0.2) is 0 Å². The Hall–Kier alpha value is -3.33. The molecule has 0 radical (unpaired) electrons. The van der Waals surface area contributed by atoms with E-state index in [1.807, 2.05) is 0 Å². The molecule has 0 spiro atoms. The summed E-state index contributed by atoms with van der Waals surface area (Å²) in [7, 11) is 0. The van der Waals surface area contributed by atoms with Crippen LogP contribution in [0.3, 0.4) is 0 Å². The van der Waals surface area contributed by atoms with Gasteiger partial charge in [0.05, 0.1) is 5.69 Å². The van der Waals surface area contributed by atoms with E-state index in [9.17, 15) is 0 Å². The van der Waals surface area contributed by atoms with Gasteiger partial charge in [0.1, 0.15) is 0 Å². The van der Waals surface area contributed by atoms with Crippen LogP contribution in [0.2, 0.25) is 0 Å². The number of rotatable bonds is 11. The zero-order chi connectivity index (χ0) is 32.2. The van der Waals surface area contributed by atoms with Crippen molar-refractivity contribution < 1.29 is 0 Å². The Morgan fingerprint density at radius 1 is 0.558 bits per heavy atom. The number of hydrogen-bond acceptors (Lipinski definition) is 1. The van der Waals surface area contributed by atoms with E-state index in [2.05, 4.69) is 156 Å². The third-order valence-electron chi connectivity index (χ3n) is 8.35. The third kappa shape index (κ3) is 7.61. The van der Waals surface area contributed by atoms with Gasteiger partial charge in [-0.15, -0.1) is 0 Å². The monoisotopic (exact) mass is 578 g/mol. The van der Waals surface area contributed by atoms with E-state index >= 15 is 0 Å². The fourth-order valence-electron chi connectivity index (χ4n) is 5.92. The van der Waals surface area contributed by atoms with E-state index in [0.29, 0.717) is 41.3 Å². The molecule has 0 saturated carbocycles. The molecule has 0 heterocycles. The number of nitrogens with zero attached hydrogens (tertiary/aromatic N) is 3. The molecule has 0 fully saturated rings. The zero-order valence-corrected chi connectivity index (χ0v) is 29.2. The van der Waals surface area contributed by atoms with Crippen molar-refractivity contribution in [3.63, 3.8) is 0 Å². The number of amidine groups is 1. The fourth-order valence-corrected chi connectivity index (χ4v) is 5.92. The Morgan fingerprint density at radius 2 is 0.884 bits per heavy atom. The largest absolute Gasteiger partial charge is 0.436 e. The van der Waals surface area contributed by atoms with Crippen molar-refractivity contribution >= 4 is 22.9 Å². The van der Waals surface area contributed by atoms with Gasteiger partial charge in [-0.25, -0.2) is 0 Å². The highest BCUT2D eigenvalue weighted by Crippen LogP contribution is 2.44. The molecule has 0 bridgehead atoms. The summed E-state index contributed by atoms with van der Waals surface area (Å²) < 4.78 is 0. The maximum Gasteiger partial charge on any atom is 0.0697 e. The summed E-state index contributed by atoms with van der Waals surface area (Å²) in [6, 6.07) is 19.9. The summed E-state index contributed by atoms with van der Waals surface area (Å²) in [4.78, 5) is 7.72. The van der Waals surface area contributed by atoms with Crippen LogP contribution in [0.15, 0.2) is 72.0 Å². The van der Waals surface area contributed by atoms with Gasteiger partial charge in [-0.2, -0.15) is 0 Å². The molecule has 3 aromatic rings. The molecule has 0 amide bonds. The second-order valence-electron chi connectivity index (χ2n) is 13.8. The molecular weight excluding hydrogens is 522 g/mol. The SMILES string of the molecule is C=C([N-]c1c(C(C)C)cccc1C(C)C)N(C(C)=Nc1c(C(C)C)cccc1C(C)C)c1c(C(C)C)cccc1C(C)C. The van der Waals surface area contributed by atoms with Crippen LogP contribution in [0.25, 0.3) is 5.32 Å². The highest BCUT2D eigenvalue weighted by atomic mass is 15.3. The first-order chi connectivity index (χ1) is 20.2. The van der Waals surface area contributed by atoms with Crippen LogP contribution in [0.4, 0.5) is 17.1 Å². The first-order valence-corrected chi connectivity index (χ1v) is 16.3. The van der Waals surface area contributed by atoms with Crippen LogP contribution >= 0.6 is 0 Å². The minimum atomic E-state index is 0.320. The second-order valence-corrected chi connectivity index (χ2v) is 13.8. The van der Waals surface area contributed by atoms with Crippen molar-refractivity contribution in [1.82, 2.24) is 0 Å². The van der Waals surface area contributed by atoms with Crippen LogP contribution < -0.4 is 4.90 Å². The van der Waals surface area contributed by atoms with Gasteiger partial charge in [-0.1, -0.05) is 150 Å². The van der Waals surface area contributed by atoms with E-state index < -0.39 is 0 Å². The lowest BCUT2D eigenvalue weighted by Gasteiger charge is -2.42. The third-order valence-corrected chi connectivity index (χ3v) is 8.35. The molecule has 3 rings (SSSR count). The summed E-state index contributed by atoms with van der Waals surface area (Å²) in [6.07, 6.45) is 0. The lowest BCUT2D eigenvalue weighted by molar-refractivity contribution is 0.827. The Bertz CT molecular complexity index is 1360. The molecule has 0 aliphatic rings. The van der Waals surface area contributed by atoms with Crippen molar-refractivity contribution in [2.75, 3.05) is 4.90 Å². The van der Waals surface area contributed by atoms with E-state index in [4.69, 9.17) is 10.3 Å². The van der Waals surface area contributed by atoms with Crippen molar-refractivity contribution in [3.05, 3.63) is 106 Å². The molecule has 0 unspecified atom stereocenters. The first-order valence-electron chi connectivity index (χ1n) is 16.3. The van der Waals surface area contributed by atoms with Crippen LogP contribution in [0, 0.1) is 0 Å². The number of anilines is 1. The summed E-state index contributed by atoms with van der Waals surface area (Å²) in [5.74, 6) is 3.61. The van der Waals surface area contributed by atoms with Crippen molar-refractivity contribution in [2.45, 2.75) is 126 Å². The second kappa shape index (κ2) is 14.4. The highest BCUT2D eigenvalue weighted by Gasteiger charge is 2.21. The minimum absolute atomic E-state index is 0.320. The molecule has 0 atom stereocenters. The highest BCUT2D eigenvalue weighted by molar-refractivity contribution is 6.03. The van der Waals surface area contributed by atoms with E-state index in [1.165, 1.54) is 33.4 Å². The molecular formula is C40H56N3-. The Kier molecular flexibility index (Phi) is 11.5. The normalized spacial score (nSPS) is 12.4. The average molecular weight is 579 g/mol. The quantitative estimate of drug-likeness (QED) is 0.164. The molecule has 43 heavy (non-hydrogen) atoms. The molecule has 232 valence electrons. The van der Waals surface area contributed by atoms with Crippen LogP contribution in [0.1, 0.15) is 159 Å². The van der Waals surface area contributed by atoms with Gasteiger partial charge in [-0.3, -0.25) is 4.99 Å². The molecule has 0 N–H and O–H groups in total. The first kappa shape index (κ1) is 34.2. The van der Waals surface area contributed by atoms with Gasteiger partial charge in [0, 0.05) is 5.84 Å². The Morgan fingerprint density at radius 3 is 1.23 bits per heavy atom. The summed E-state index contributed by atoms with van der Waals surface area (Å²) >= 11 is 0. The van der Waals surface area contributed by atoms with Crippen LogP contribution in [-0.2, 0) is 0 Å². The molecule has 0 aliphatic heterocycles. The van der Waals surface area contributed by atoms with Gasteiger partial charge < -0.3 is 10.2 Å². The fraction of sp³-hybridized carbons (Fsp3) is 0.475. The number of hydrogen-bond donors (Lipinski definition) is 0. The molecule has 3 aromatic carbocycles. The molecule has 0 saturated heterocycles. The smallest absolute Gasteiger partial charge is 0.0697 e. The number of aliphatic imine (C=N–C) groups is 1. The van der Waals surface area contributed by atoms with Gasteiger partial charge in [0.25, 0.3) is 0 Å². The van der Waals surface area contributed by atoms with Gasteiger partial charge >= 0.3 is 0 Å². The standard InChI is InChI=1S/C40H56N3/c1-24(2)32-18-15-19-33(25(3)4)38(32)41-30(13)43(40-36(28(9)10)22-17-23-37(40)29(11)12)31(14)42-39-34(26(5)6)20-16-21-35(39)27(7)8/h15-29H,13H2,1-12,14H3/q-1. The molecule has 0 aromatic heterocycles. The summed E-state index contributed by atoms with van der Waals surface area (Å²) in [5.41, 5.74) is 10.8. The van der Waals surface area contributed by atoms with Crippen molar-refractivity contribution in [1.29, 1.82) is 0 Å². The van der Waals surface area contributed by atoms with E-state index in [-0.39, 0.29) is 0 Å². The lowest BCUT2D eigenvalue weighted by Crippen LogP contribution is -2.30. The predicted octanol–water partition coefficient (Wildman–Crippen LogP) is 13.2. The van der Waals surface area contributed by atoms with Gasteiger partial charge in [0.2, 0.25) is 0 Å². The molecule has 3 nitrogen and oxygen atoms in total. The van der Waals surface area contributed by atoms with Crippen LogP contribution in [-0.4, -0.2) is 5.84 Å². The Labute approximate surface area is 263 Å². The minimum Gasteiger partial charge on any atom is -0.436 e. The average Bonchev–Trinajstić information content (AvgIpc) is 2.92. The summed E-state index contributed by atoms with van der Waals surface area (Å²) in [5, 5.41) is 5.41. The molecule has 0 aliphatic carbocycles. The molecule has 3 heteroatoms. The zero-order valence-electron chi connectivity index (χ0n) is 29.2. The van der Waals surface area contributed by atoms with E-state index in [0.717, 1.165) is 22.9 Å². The van der Waals surface area contributed by atoms with Gasteiger partial charge in [-0.05, 0) is 87.2 Å². The number of para-hydroxylation sites is 3. The number of benzene rings is 3. The van der Waals surface area contributed by atoms with Crippen molar-refractivity contribution in [2.24, 2.45) is 4.99 Å². The maximum atomic E-state index is 5.48. The summed E-state index contributed by atoms with van der Waals surface area (Å²) in [6.45, 7) is 33.9. The lowest BCUT2D eigenvalue weighted by atomic mass is 9.91. The topological polar surface area (TPSA) is 29.7 Å². The van der Waals surface area contributed by atoms with Crippen molar-refractivity contribution in [3.8, 4) is 0 Å². The maximum absolute atomic E-state index is 5.48. The predicted molar refractivity (Wildman–Crippen MR) is 191 cm³/mol. The van der Waals surface area contributed by atoms with E-state index in [1.54, 1.807) is 0 Å². The van der Waals surface area contributed by atoms with Crippen LogP contribution in [0.5, 0.6) is 0 Å². The Balaban J connectivity index is 2.38.